The molecule has 0 aliphatic rings. The fourth-order valence-electron chi connectivity index (χ4n) is 2.30. The van der Waals surface area contributed by atoms with E-state index in [2.05, 4.69) is 28.6 Å². The number of nitrogens with two attached hydrogens (primary N) is 2. The molecule has 28 heavy (non-hydrogen) atoms. The van der Waals surface area contributed by atoms with Crippen molar-refractivity contribution in [2.24, 2.45) is 17.4 Å². The summed E-state index contributed by atoms with van der Waals surface area (Å²) >= 11 is 3.90. The molecule has 0 aliphatic carbocycles. The molecule has 0 heterocycles. The van der Waals surface area contributed by atoms with Gasteiger partial charge in [-0.05, 0) is 38.6 Å². The van der Waals surface area contributed by atoms with Gasteiger partial charge in [-0.25, -0.2) is 4.79 Å². The number of amides is 3. The van der Waals surface area contributed by atoms with Gasteiger partial charge < -0.3 is 32.5 Å². The lowest BCUT2D eigenvalue weighted by Gasteiger charge is -2.26. The van der Waals surface area contributed by atoms with E-state index in [1.54, 1.807) is 13.8 Å². The van der Waals surface area contributed by atoms with E-state index in [0.717, 1.165) is 0 Å². The van der Waals surface area contributed by atoms with Crippen LogP contribution in [0.5, 0.6) is 0 Å². The third-order valence-electron chi connectivity index (χ3n) is 4.04. The van der Waals surface area contributed by atoms with Gasteiger partial charge in [-0.2, -0.15) is 12.6 Å². The van der Waals surface area contributed by atoms with E-state index in [0.29, 0.717) is 25.8 Å². The van der Waals surface area contributed by atoms with Gasteiger partial charge in [-0.1, -0.05) is 13.8 Å². The Morgan fingerprint density at radius 2 is 1.50 bits per heavy atom. The lowest BCUT2D eigenvalue weighted by Crippen LogP contribution is -2.58. The number of unbranched alkanes of at least 4 members (excludes halogenated alkanes) is 1. The summed E-state index contributed by atoms with van der Waals surface area (Å²) < 4.78 is 0. The molecule has 0 aliphatic heterocycles. The first kappa shape index (κ1) is 26.1. The lowest BCUT2D eigenvalue weighted by atomic mass is 10.0. The summed E-state index contributed by atoms with van der Waals surface area (Å²) in [6, 6.07) is -3.81. The highest BCUT2D eigenvalue weighted by Crippen LogP contribution is 2.07. The molecule has 0 saturated carbocycles. The van der Waals surface area contributed by atoms with Crippen LogP contribution in [0.1, 0.15) is 40.0 Å². The molecule has 0 aromatic heterocycles. The average molecular weight is 420 g/mol. The van der Waals surface area contributed by atoms with Crippen LogP contribution in [0.3, 0.4) is 0 Å². The van der Waals surface area contributed by atoms with Crippen molar-refractivity contribution >= 4 is 36.3 Å². The summed E-state index contributed by atoms with van der Waals surface area (Å²) in [5, 5.41) is 16.6. The first-order chi connectivity index (χ1) is 13.0. The number of rotatable bonds is 13. The number of carboxylic acid groups (broad SMARTS) is 1. The summed E-state index contributed by atoms with van der Waals surface area (Å²) in [5.74, 6) is -3.29. The smallest absolute Gasteiger partial charge is 0.327 e. The number of carbonyl (C=O) groups excluding carboxylic acids is 3. The van der Waals surface area contributed by atoms with Gasteiger partial charge in [-0.15, -0.1) is 0 Å². The van der Waals surface area contributed by atoms with Gasteiger partial charge in [0.25, 0.3) is 0 Å². The lowest BCUT2D eigenvalue weighted by molar-refractivity contribution is -0.142. The Kier molecular flexibility index (Phi) is 12.5. The van der Waals surface area contributed by atoms with E-state index in [1.807, 2.05) is 0 Å². The third-order valence-corrected chi connectivity index (χ3v) is 4.40. The molecule has 4 atom stereocenters. The minimum Gasteiger partial charge on any atom is -0.480 e. The number of hydrogen-bond donors (Lipinski definition) is 7. The van der Waals surface area contributed by atoms with Gasteiger partial charge in [0.05, 0.1) is 6.04 Å². The van der Waals surface area contributed by atoms with Crippen LogP contribution >= 0.6 is 12.6 Å². The van der Waals surface area contributed by atoms with Crippen LogP contribution in [0.15, 0.2) is 0 Å². The molecule has 0 bridgehead atoms. The van der Waals surface area contributed by atoms with Crippen molar-refractivity contribution in [1.82, 2.24) is 16.0 Å². The molecular formula is C17H33N5O5S. The standard InChI is InChI=1S/C17H33N5O5S/c1-9(2)13(16(25)21-12(8-28)17(26)27)22-15(24)11(6-4-5-7-18)20-14(23)10(3)19/h9-13,28H,4-8,18-19H2,1-3H3,(H,20,23)(H,21,25)(H,22,24)(H,26,27). The molecule has 162 valence electrons. The predicted molar refractivity (Wildman–Crippen MR) is 109 cm³/mol. The topological polar surface area (TPSA) is 177 Å². The van der Waals surface area contributed by atoms with Gasteiger partial charge in [0.15, 0.2) is 0 Å². The first-order valence-corrected chi connectivity index (χ1v) is 9.88. The Morgan fingerprint density at radius 3 is 1.93 bits per heavy atom. The van der Waals surface area contributed by atoms with Crippen molar-refractivity contribution in [3.63, 3.8) is 0 Å². The number of aliphatic carboxylic acids is 1. The van der Waals surface area contributed by atoms with Crippen molar-refractivity contribution in [1.29, 1.82) is 0 Å². The van der Waals surface area contributed by atoms with E-state index < -0.39 is 47.9 Å². The third kappa shape index (κ3) is 9.38. The van der Waals surface area contributed by atoms with E-state index in [4.69, 9.17) is 16.6 Å². The zero-order chi connectivity index (χ0) is 21.9. The fourth-order valence-corrected chi connectivity index (χ4v) is 2.55. The minimum absolute atomic E-state index is 0.0913. The van der Waals surface area contributed by atoms with Crippen molar-refractivity contribution in [2.45, 2.75) is 64.2 Å². The summed E-state index contributed by atoms with van der Waals surface area (Å²) in [6.07, 6.45) is 1.61. The predicted octanol–water partition coefficient (Wildman–Crippen LogP) is -1.41. The van der Waals surface area contributed by atoms with Crippen LogP contribution in [0.25, 0.3) is 0 Å². The molecule has 0 rings (SSSR count). The van der Waals surface area contributed by atoms with E-state index in [-0.39, 0.29) is 11.7 Å². The largest absolute Gasteiger partial charge is 0.480 e. The zero-order valence-corrected chi connectivity index (χ0v) is 17.5. The Hall–Kier alpha value is -1.85. The number of thiol groups is 1. The van der Waals surface area contributed by atoms with Gasteiger partial charge in [0, 0.05) is 5.75 Å². The maximum absolute atomic E-state index is 12.7. The van der Waals surface area contributed by atoms with Crippen LogP contribution < -0.4 is 27.4 Å². The van der Waals surface area contributed by atoms with Gasteiger partial charge in [0.1, 0.15) is 18.1 Å². The summed E-state index contributed by atoms with van der Waals surface area (Å²) in [5.41, 5.74) is 11.0. The average Bonchev–Trinajstić information content (AvgIpc) is 2.62. The summed E-state index contributed by atoms with van der Waals surface area (Å²) in [6.45, 7) is 5.38. The second-order valence-corrected chi connectivity index (χ2v) is 7.31. The van der Waals surface area contributed by atoms with E-state index >= 15 is 0 Å². The molecule has 11 heteroatoms. The van der Waals surface area contributed by atoms with Crippen LogP contribution in [0, 0.1) is 5.92 Å². The second kappa shape index (κ2) is 13.3. The van der Waals surface area contributed by atoms with Gasteiger partial charge in [-0.3, -0.25) is 14.4 Å². The van der Waals surface area contributed by atoms with Gasteiger partial charge >= 0.3 is 5.97 Å². The minimum atomic E-state index is -1.22. The molecule has 4 unspecified atom stereocenters. The molecule has 0 aromatic carbocycles. The van der Waals surface area contributed by atoms with Gasteiger partial charge in [0.2, 0.25) is 17.7 Å². The Labute approximate surface area is 171 Å². The number of nitrogens with one attached hydrogen (secondary N) is 3. The molecule has 0 saturated heterocycles. The molecule has 8 N–H and O–H groups in total. The summed E-state index contributed by atoms with van der Waals surface area (Å²) in [7, 11) is 0. The zero-order valence-electron chi connectivity index (χ0n) is 16.6. The highest BCUT2D eigenvalue weighted by atomic mass is 32.1. The first-order valence-electron chi connectivity index (χ1n) is 9.25. The van der Waals surface area contributed by atoms with Crippen LogP contribution in [-0.4, -0.2) is 65.3 Å². The molecule has 3 amide bonds. The van der Waals surface area contributed by atoms with Crippen molar-refractivity contribution in [2.75, 3.05) is 12.3 Å². The maximum atomic E-state index is 12.7. The maximum Gasteiger partial charge on any atom is 0.327 e. The number of carbonyl (C=O) groups is 4. The van der Waals surface area contributed by atoms with E-state index in [9.17, 15) is 19.2 Å². The molecule has 10 nitrogen and oxygen atoms in total. The Morgan fingerprint density at radius 1 is 0.929 bits per heavy atom. The van der Waals surface area contributed by atoms with Crippen LogP contribution in [-0.2, 0) is 19.2 Å². The molecular weight excluding hydrogens is 386 g/mol. The SMILES string of the molecule is CC(N)C(=O)NC(CCCCN)C(=O)NC(C(=O)NC(CS)C(=O)O)C(C)C. The van der Waals surface area contributed by atoms with Crippen molar-refractivity contribution in [3.05, 3.63) is 0 Å². The van der Waals surface area contributed by atoms with Crippen LogP contribution in [0.4, 0.5) is 0 Å². The fraction of sp³-hybridized carbons (Fsp3) is 0.765. The van der Waals surface area contributed by atoms with Crippen molar-refractivity contribution < 1.29 is 24.3 Å². The number of carboxylic acids is 1. The molecule has 0 radical (unpaired) electrons. The normalized spacial score (nSPS) is 15.2. The highest BCUT2D eigenvalue weighted by molar-refractivity contribution is 7.80. The highest BCUT2D eigenvalue weighted by Gasteiger charge is 2.31. The Balaban J connectivity index is 5.22. The molecule has 0 fully saturated rings. The van der Waals surface area contributed by atoms with Crippen LogP contribution in [0.2, 0.25) is 0 Å². The van der Waals surface area contributed by atoms with E-state index in [1.165, 1.54) is 6.92 Å². The quantitative estimate of drug-likeness (QED) is 0.142. The molecule has 0 spiro atoms. The second-order valence-electron chi connectivity index (χ2n) is 6.95. The van der Waals surface area contributed by atoms with Crippen molar-refractivity contribution in [3.8, 4) is 0 Å². The monoisotopic (exact) mass is 419 g/mol. The Bertz CT molecular complexity index is 544. The summed E-state index contributed by atoms with van der Waals surface area (Å²) in [4.78, 5) is 48.2. The number of hydrogen-bond acceptors (Lipinski definition) is 7. The molecule has 0 aromatic rings.